The van der Waals surface area contributed by atoms with Crippen LogP contribution < -0.4 is 5.32 Å². The summed E-state index contributed by atoms with van der Waals surface area (Å²) in [7, 11) is 0. The summed E-state index contributed by atoms with van der Waals surface area (Å²) in [6.45, 7) is 5.63. The van der Waals surface area contributed by atoms with E-state index in [0.29, 0.717) is 9.69 Å². The topological polar surface area (TPSA) is 72.7 Å². The van der Waals surface area contributed by atoms with Crippen LogP contribution in [0.2, 0.25) is 0 Å². The monoisotopic (exact) mass is 395 g/mol. The first-order valence-electron chi connectivity index (χ1n) is 8.04. The zero-order valence-electron chi connectivity index (χ0n) is 14.7. The van der Waals surface area contributed by atoms with Crippen molar-refractivity contribution in [2.24, 2.45) is 0 Å². The molecule has 1 amide bonds. The number of benzene rings is 1. The number of aryl methyl sites for hydroxylation is 1. The summed E-state index contributed by atoms with van der Waals surface area (Å²) in [6.07, 6.45) is -3.86. The molecular weight excluding hydrogens is 379 g/mol. The minimum Gasteiger partial charge on any atom is -0.296 e. The van der Waals surface area contributed by atoms with Crippen molar-refractivity contribution in [3.8, 4) is 5.69 Å². The molecule has 2 heterocycles. The lowest BCUT2D eigenvalue weighted by atomic mass is 10.2. The first-order chi connectivity index (χ1) is 12.7. The number of hydrogen-bond acceptors (Lipinski definition) is 5. The zero-order valence-corrected chi connectivity index (χ0v) is 15.5. The van der Waals surface area contributed by atoms with Crippen LogP contribution in [0.4, 0.5) is 18.3 Å². The van der Waals surface area contributed by atoms with Crippen LogP contribution in [0.3, 0.4) is 0 Å². The number of amides is 1. The summed E-state index contributed by atoms with van der Waals surface area (Å²) >= 11 is 1.12. The average molecular weight is 395 g/mol. The van der Waals surface area contributed by atoms with E-state index in [0.717, 1.165) is 23.1 Å². The van der Waals surface area contributed by atoms with Crippen molar-refractivity contribution in [3.05, 3.63) is 52.3 Å². The number of carbonyl (C=O) groups is 1. The number of anilines is 1. The standard InChI is InChI=1S/C17H16F3N5OS/c1-9(2)15-23-24-16(27-15)22-14(26)12-8-21-25(13(12)17(18,19)20)11-6-4-10(3)5-7-11/h4-9H,1-3H3,(H,22,24,26). The molecule has 6 nitrogen and oxygen atoms in total. The Balaban J connectivity index is 1.97. The van der Waals surface area contributed by atoms with Crippen LogP contribution in [0.5, 0.6) is 0 Å². The highest BCUT2D eigenvalue weighted by Crippen LogP contribution is 2.34. The maximum Gasteiger partial charge on any atom is 0.434 e. The predicted molar refractivity (Wildman–Crippen MR) is 95.3 cm³/mol. The van der Waals surface area contributed by atoms with E-state index >= 15 is 0 Å². The highest BCUT2D eigenvalue weighted by Gasteiger charge is 2.40. The highest BCUT2D eigenvalue weighted by atomic mass is 32.1. The van der Waals surface area contributed by atoms with Crippen molar-refractivity contribution < 1.29 is 18.0 Å². The number of nitrogens with one attached hydrogen (secondary N) is 1. The van der Waals surface area contributed by atoms with E-state index < -0.39 is 23.3 Å². The molecule has 0 atom stereocenters. The fraction of sp³-hybridized carbons (Fsp3) is 0.294. The lowest BCUT2D eigenvalue weighted by Crippen LogP contribution is -2.20. The molecule has 0 spiro atoms. The van der Waals surface area contributed by atoms with E-state index in [4.69, 9.17) is 0 Å². The predicted octanol–water partition coefficient (Wildman–Crippen LogP) is 4.43. The first-order valence-corrected chi connectivity index (χ1v) is 8.85. The smallest absolute Gasteiger partial charge is 0.296 e. The molecule has 10 heteroatoms. The molecule has 0 unspecified atom stereocenters. The molecule has 1 N–H and O–H groups in total. The highest BCUT2D eigenvalue weighted by molar-refractivity contribution is 7.15. The second-order valence-corrected chi connectivity index (χ2v) is 7.22. The third-order valence-electron chi connectivity index (χ3n) is 3.72. The van der Waals surface area contributed by atoms with Gasteiger partial charge in [0.05, 0.1) is 17.4 Å². The molecule has 0 aliphatic heterocycles. The van der Waals surface area contributed by atoms with Crippen LogP contribution in [0.15, 0.2) is 30.5 Å². The van der Waals surface area contributed by atoms with Gasteiger partial charge in [-0.05, 0) is 19.1 Å². The van der Waals surface area contributed by atoms with Gasteiger partial charge in [0.15, 0.2) is 5.69 Å². The van der Waals surface area contributed by atoms with Crippen molar-refractivity contribution in [3.63, 3.8) is 0 Å². The van der Waals surface area contributed by atoms with E-state index in [-0.39, 0.29) is 16.7 Å². The number of carbonyl (C=O) groups excluding carboxylic acids is 1. The molecule has 27 heavy (non-hydrogen) atoms. The van der Waals surface area contributed by atoms with Crippen LogP contribution in [0, 0.1) is 6.92 Å². The van der Waals surface area contributed by atoms with E-state index in [1.165, 1.54) is 12.1 Å². The number of halogens is 3. The van der Waals surface area contributed by atoms with Gasteiger partial charge < -0.3 is 0 Å². The molecule has 3 aromatic rings. The van der Waals surface area contributed by atoms with Crippen LogP contribution in [-0.4, -0.2) is 25.9 Å². The minimum atomic E-state index is -4.77. The van der Waals surface area contributed by atoms with Crippen LogP contribution >= 0.6 is 11.3 Å². The molecule has 2 aromatic heterocycles. The van der Waals surface area contributed by atoms with E-state index in [2.05, 4.69) is 20.6 Å². The molecule has 0 aliphatic rings. The number of hydrogen-bond donors (Lipinski definition) is 1. The normalized spacial score (nSPS) is 11.8. The largest absolute Gasteiger partial charge is 0.434 e. The van der Waals surface area contributed by atoms with Gasteiger partial charge in [-0.2, -0.15) is 18.3 Å². The summed E-state index contributed by atoms with van der Waals surface area (Å²) in [5.41, 5.74) is -0.610. The first kappa shape index (κ1) is 19.0. The molecule has 0 fully saturated rings. The number of rotatable bonds is 4. The van der Waals surface area contributed by atoms with Gasteiger partial charge in [0, 0.05) is 5.92 Å². The SMILES string of the molecule is Cc1ccc(-n2ncc(C(=O)Nc3nnc(C(C)C)s3)c2C(F)(F)F)cc1. The molecule has 1 aromatic carbocycles. The molecule has 0 saturated carbocycles. The van der Waals surface area contributed by atoms with Gasteiger partial charge >= 0.3 is 6.18 Å². The fourth-order valence-electron chi connectivity index (χ4n) is 2.35. The number of alkyl halides is 3. The summed E-state index contributed by atoms with van der Waals surface area (Å²) in [5.74, 6) is -0.838. The number of aromatic nitrogens is 4. The molecular formula is C17H16F3N5OS. The average Bonchev–Trinajstić information content (AvgIpc) is 3.22. The van der Waals surface area contributed by atoms with E-state index in [1.807, 2.05) is 20.8 Å². The Morgan fingerprint density at radius 3 is 2.41 bits per heavy atom. The third kappa shape index (κ3) is 4.00. The Morgan fingerprint density at radius 2 is 1.85 bits per heavy atom. The lowest BCUT2D eigenvalue weighted by Gasteiger charge is -2.12. The Morgan fingerprint density at radius 1 is 1.19 bits per heavy atom. The molecule has 0 saturated heterocycles. The van der Waals surface area contributed by atoms with Crippen molar-refractivity contribution in [1.29, 1.82) is 0 Å². The van der Waals surface area contributed by atoms with Crippen molar-refractivity contribution >= 4 is 22.4 Å². The van der Waals surface area contributed by atoms with E-state index in [9.17, 15) is 18.0 Å². The van der Waals surface area contributed by atoms with Gasteiger partial charge in [-0.1, -0.05) is 42.9 Å². The Labute approximate surface area is 157 Å². The summed E-state index contributed by atoms with van der Waals surface area (Å²) in [6, 6.07) is 6.37. The Bertz CT molecular complexity index is 960. The zero-order chi connectivity index (χ0) is 19.8. The van der Waals surface area contributed by atoms with Gasteiger partial charge in [-0.25, -0.2) is 4.68 Å². The molecule has 0 aliphatic carbocycles. The Hall–Kier alpha value is -2.75. The summed E-state index contributed by atoms with van der Waals surface area (Å²) < 4.78 is 41.7. The molecule has 0 bridgehead atoms. The fourth-order valence-corrected chi connectivity index (χ4v) is 3.09. The quantitative estimate of drug-likeness (QED) is 0.709. The second kappa shape index (κ2) is 7.10. The molecule has 142 valence electrons. The Kier molecular flexibility index (Phi) is 5.01. The summed E-state index contributed by atoms with van der Waals surface area (Å²) in [5, 5.41) is 14.7. The minimum absolute atomic E-state index is 0.100. The van der Waals surface area contributed by atoms with E-state index in [1.54, 1.807) is 12.1 Å². The van der Waals surface area contributed by atoms with Crippen LogP contribution in [0.25, 0.3) is 5.69 Å². The number of nitrogens with zero attached hydrogens (tertiary/aromatic N) is 4. The van der Waals surface area contributed by atoms with Crippen molar-refractivity contribution in [2.75, 3.05) is 5.32 Å². The molecule has 0 radical (unpaired) electrons. The summed E-state index contributed by atoms with van der Waals surface area (Å²) in [4.78, 5) is 12.4. The maximum absolute atomic E-state index is 13.7. The van der Waals surface area contributed by atoms with Gasteiger partial charge in [-0.3, -0.25) is 10.1 Å². The van der Waals surface area contributed by atoms with Gasteiger partial charge in [-0.15, -0.1) is 10.2 Å². The van der Waals surface area contributed by atoms with Crippen LogP contribution in [0.1, 0.15) is 46.4 Å². The van der Waals surface area contributed by atoms with Crippen molar-refractivity contribution in [2.45, 2.75) is 32.9 Å². The second-order valence-electron chi connectivity index (χ2n) is 6.21. The lowest BCUT2D eigenvalue weighted by molar-refractivity contribution is -0.143. The maximum atomic E-state index is 13.7. The van der Waals surface area contributed by atoms with Crippen molar-refractivity contribution in [1.82, 2.24) is 20.0 Å². The van der Waals surface area contributed by atoms with Gasteiger partial charge in [0.1, 0.15) is 5.01 Å². The third-order valence-corrected chi connectivity index (χ3v) is 4.86. The van der Waals surface area contributed by atoms with Crippen LogP contribution in [-0.2, 0) is 6.18 Å². The molecule has 3 rings (SSSR count). The van der Waals surface area contributed by atoms with Gasteiger partial charge in [0.25, 0.3) is 5.91 Å². The van der Waals surface area contributed by atoms with Gasteiger partial charge in [0.2, 0.25) is 5.13 Å².